The zero-order chi connectivity index (χ0) is 9.30. The molecule has 0 aliphatic rings. The fourth-order valence-electron chi connectivity index (χ4n) is 0.772. The van der Waals surface area contributed by atoms with Crippen LogP contribution in [0, 0.1) is 0 Å². The van der Waals surface area contributed by atoms with E-state index in [2.05, 4.69) is 5.10 Å². The number of hydrogen-bond acceptors (Lipinski definition) is 3. The molecule has 12 heavy (non-hydrogen) atoms. The summed E-state index contributed by atoms with van der Waals surface area (Å²) in [5, 5.41) is 20.4. The number of nitrogens with zero attached hydrogens (tertiary/aromatic N) is 2. The molecule has 0 aliphatic heterocycles. The Labute approximate surface area is 67.0 Å². The van der Waals surface area contributed by atoms with Crippen LogP contribution in [0.4, 0.5) is 0 Å². The van der Waals surface area contributed by atoms with Crippen molar-refractivity contribution in [3.8, 4) is 0 Å². The highest BCUT2D eigenvalue weighted by atomic mass is 16.4. The molecule has 6 heteroatoms. The zero-order valence-corrected chi connectivity index (χ0v) is 6.18. The van der Waals surface area contributed by atoms with Gasteiger partial charge in [-0.05, 0) is 0 Å². The smallest absolute Gasteiger partial charge is 0.356 e. The summed E-state index contributed by atoms with van der Waals surface area (Å²) in [7, 11) is 1.37. The minimum Gasteiger partial charge on any atom is -0.477 e. The van der Waals surface area contributed by atoms with Crippen molar-refractivity contribution in [2.45, 2.75) is 0 Å². The van der Waals surface area contributed by atoms with Gasteiger partial charge in [0, 0.05) is 13.1 Å². The van der Waals surface area contributed by atoms with Crippen molar-refractivity contribution in [1.29, 1.82) is 0 Å². The van der Waals surface area contributed by atoms with Gasteiger partial charge in [0.1, 0.15) is 5.69 Å². The molecule has 0 spiro atoms. The molecule has 1 heterocycles. The Bertz CT molecular complexity index is 341. The van der Waals surface area contributed by atoms with Gasteiger partial charge >= 0.3 is 11.9 Å². The summed E-state index contributed by atoms with van der Waals surface area (Å²) >= 11 is 0. The first-order valence-corrected chi connectivity index (χ1v) is 3.03. The summed E-state index contributed by atoms with van der Waals surface area (Å²) in [6.07, 6.45) is 0. The number of aryl methyl sites for hydroxylation is 1. The van der Waals surface area contributed by atoms with E-state index in [1.807, 2.05) is 0 Å². The minimum atomic E-state index is -1.24. The highest BCUT2D eigenvalue weighted by Crippen LogP contribution is 2.02. The molecule has 6 nitrogen and oxygen atoms in total. The number of carboxylic acid groups (broad SMARTS) is 2. The molecule has 0 radical (unpaired) electrons. The van der Waals surface area contributed by atoms with E-state index in [0.29, 0.717) is 0 Å². The Balaban J connectivity index is 3.17. The van der Waals surface area contributed by atoms with Gasteiger partial charge in [-0.3, -0.25) is 4.68 Å². The molecular formula is C6H6N2O4. The molecule has 64 valence electrons. The molecular weight excluding hydrogens is 164 g/mol. The fourth-order valence-corrected chi connectivity index (χ4v) is 0.772. The third-order valence-electron chi connectivity index (χ3n) is 1.32. The van der Waals surface area contributed by atoms with Crippen LogP contribution in [0.25, 0.3) is 0 Å². The van der Waals surface area contributed by atoms with Crippen LogP contribution in [0.15, 0.2) is 6.07 Å². The topological polar surface area (TPSA) is 92.4 Å². The lowest BCUT2D eigenvalue weighted by atomic mass is 10.3. The van der Waals surface area contributed by atoms with Crippen molar-refractivity contribution in [2.75, 3.05) is 0 Å². The van der Waals surface area contributed by atoms with Gasteiger partial charge in [-0.1, -0.05) is 0 Å². The Kier molecular flexibility index (Phi) is 1.82. The Hall–Kier alpha value is -1.85. The van der Waals surface area contributed by atoms with Crippen LogP contribution in [0.3, 0.4) is 0 Å². The molecule has 1 aromatic rings. The standard InChI is InChI=1S/C6H6N2O4/c1-8-4(6(11)12)2-3(7-8)5(9)10/h2H,1H3,(H,9,10)(H,11,12). The van der Waals surface area contributed by atoms with E-state index in [0.717, 1.165) is 10.7 Å². The molecule has 2 N–H and O–H groups in total. The predicted molar refractivity (Wildman–Crippen MR) is 37.1 cm³/mol. The molecule has 0 saturated carbocycles. The number of carboxylic acids is 2. The first-order valence-electron chi connectivity index (χ1n) is 3.03. The summed E-state index contributed by atoms with van der Waals surface area (Å²) in [4.78, 5) is 20.7. The Morgan fingerprint density at radius 1 is 1.42 bits per heavy atom. The van der Waals surface area contributed by atoms with Gasteiger partial charge < -0.3 is 10.2 Å². The highest BCUT2D eigenvalue weighted by molar-refractivity contribution is 5.91. The van der Waals surface area contributed by atoms with E-state index in [9.17, 15) is 9.59 Å². The number of hydrogen-bond donors (Lipinski definition) is 2. The summed E-state index contributed by atoms with van der Waals surface area (Å²) in [6, 6.07) is 1.00. The van der Waals surface area contributed by atoms with E-state index >= 15 is 0 Å². The lowest BCUT2D eigenvalue weighted by Crippen LogP contribution is -2.05. The van der Waals surface area contributed by atoms with Crippen LogP contribution in [-0.2, 0) is 7.05 Å². The van der Waals surface area contributed by atoms with Gasteiger partial charge in [0.05, 0.1) is 0 Å². The first-order chi connectivity index (χ1) is 5.52. The van der Waals surface area contributed by atoms with Gasteiger partial charge in [0.25, 0.3) is 0 Å². The third kappa shape index (κ3) is 1.26. The second-order valence-electron chi connectivity index (χ2n) is 2.15. The number of carbonyl (C=O) groups is 2. The fraction of sp³-hybridized carbons (Fsp3) is 0.167. The normalized spacial score (nSPS) is 9.75. The average Bonchev–Trinajstić information content (AvgIpc) is 2.30. The van der Waals surface area contributed by atoms with E-state index in [4.69, 9.17) is 10.2 Å². The van der Waals surface area contributed by atoms with Crippen molar-refractivity contribution >= 4 is 11.9 Å². The van der Waals surface area contributed by atoms with Gasteiger partial charge in [-0.2, -0.15) is 5.10 Å². The monoisotopic (exact) mass is 170 g/mol. The van der Waals surface area contributed by atoms with Crippen molar-refractivity contribution < 1.29 is 19.8 Å². The molecule has 0 aromatic carbocycles. The number of aromatic carboxylic acids is 2. The van der Waals surface area contributed by atoms with E-state index in [-0.39, 0.29) is 11.4 Å². The lowest BCUT2D eigenvalue weighted by molar-refractivity contribution is 0.0677. The summed E-state index contributed by atoms with van der Waals surface area (Å²) in [5.74, 6) is -2.43. The van der Waals surface area contributed by atoms with Crippen molar-refractivity contribution in [1.82, 2.24) is 9.78 Å². The third-order valence-corrected chi connectivity index (χ3v) is 1.32. The Morgan fingerprint density at radius 2 is 2.00 bits per heavy atom. The summed E-state index contributed by atoms with van der Waals surface area (Å²) in [6.45, 7) is 0. The maximum Gasteiger partial charge on any atom is 0.356 e. The quantitative estimate of drug-likeness (QED) is 0.642. The van der Waals surface area contributed by atoms with Crippen LogP contribution in [0.1, 0.15) is 21.0 Å². The van der Waals surface area contributed by atoms with Crippen LogP contribution in [-0.4, -0.2) is 31.9 Å². The molecule has 1 rings (SSSR count). The van der Waals surface area contributed by atoms with Crippen molar-refractivity contribution in [2.24, 2.45) is 7.05 Å². The summed E-state index contributed by atoms with van der Waals surface area (Å²) in [5.41, 5.74) is -0.415. The highest BCUT2D eigenvalue weighted by Gasteiger charge is 2.15. The van der Waals surface area contributed by atoms with Crippen LogP contribution >= 0.6 is 0 Å². The zero-order valence-electron chi connectivity index (χ0n) is 6.18. The first kappa shape index (κ1) is 8.25. The Morgan fingerprint density at radius 3 is 2.25 bits per heavy atom. The number of rotatable bonds is 2. The maximum absolute atomic E-state index is 10.4. The van der Waals surface area contributed by atoms with Crippen LogP contribution < -0.4 is 0 Å². The van der Waals surface area contributed by atoms with E-state index < -0.39 is 11.9 Å². The maximum atomic E-state index is 10.4. The number of aromatic nitrogens is 2. The second kappa shape index (κ2) is 2.65. The van der Waals surface area contributed by atoms with Crippen LogP contribution in [0.5, 0.6) is 0 Å². The molecule has 0 saturated heterocycles. The van der Waals surface area contributed by atoms with Gasteiger partial charge in [-0.15, -0.1) is 0 Å². The van der Waals surface area contributed by atoms with Gasteiger partial charge in [0.15, 0.2) is 5.69 Å². The van der Waals surface area contributed by atoms with Crippen molar-refractivity contribution in [3.05, 3.63) is 17.5 Å². The molecule has 0 unspecified atom stereocenters. The van der Waals surface area contributed by atoms with Gasteiger partial charge in [-0.25, -0.2) is 9.59 Å². The molecule has 0 aliphatic carbocycles. The molecule has 0 amide bonds. The molecule has 1 aromatic heterocycles. The largest absolute Gasteiger partial charge is 0.477 e. The second-order valence-corrected chi connectivity index (χ2v) is 2.15. The molecule has 0 atom stereocenters. The minimum absolute atomic E-state index is 0.146. The molecule has 0 fully saturated rings. The van der Waals surface area contributed by atoms with Crippen molar-refractivity contribution in [3.63, 3.8) is 0 Å². The van der Waals surface area contributed by atoms with Crippen LogP contribution in [0.2, 0.25) is 0 Å². The lowest BCUT2D eigenvalue weighted by Gasteiger charge is -1.90. The SMILES string of the molecule is Cn1nc(C(=O)O)cc1C(=O)O. The average molecular weight is 170 g/mol. The van der Waals surface area contributed by atoms with E-state index in [1.54, 1.807) is 0 Å². The summed E-state index contributed by atoms with van der Waals surface area (Å²) < 4.78 is 1.01. The van der Waals surface area contributed by atoms with E-state index in [1.165, 1.54) is 7.05 Å². The molecule has 0 bridgehead atoms. The van der Waals surface area contributed by atoms with Gasteiger partial charge in [0.2, 0.25) is 0 Å². The predicted octanol–water partition coefficient (Wildman–Crippen LogP) is -0.184.